The summed E-state index contributed by atoms with van der Waals surface area (Å²) in [5.74, 6) is 2.39. The molecule has 2 atom stereocenters. The summed E-state index contributed by atoms with van der Waals surface area (Å²) in [6.07, 6.45) is 4.12. The quantitative estimate of drug-likeness (QED) is 0.668. The van der Waals surface area contributed by atoms with Gasteiger partial charge < -0.3 is 14.0 Å². The molecule has 138 valence electrons. The molecule has 4 nitrogen and oxygen atoms in total. The number of Topliss-reactive ketones (excluding diaryl/α,β-unsaturated/α-hetero) is 1. The summed E-state index contributed by atoms with van der Waals surface area (Å²) in [6.45, 7) is 9.61. The van der Waals surface area contributed by atoms with E-state index in [2.05, 4.69) is 36.7 Å². The molecule has 0 saturated heterocycles. The molecular weight excluding hydrogens is 326 g/mol. The van der Waals surface area contributed by atoms with Crippen molar-refractivity contribution in [3.05, 3.63) is 35.5 Å². The van der Waals surface area contributed by atoms with Crippen molar-refractivity contribution in [2.45, 2.75) is 52.5 Å². The lowest BCUT2D eigenvalue weighted by molar-refractivity contribution is 0.0968. The van der Waals surface area contributed by atoms with Crippen molar-refractivity contribution in [2.75, 3.05) is 13.2 Å². The first-order valence-electron chi connectivity index (χ1n) is 9.75. The maximum atomic E-state index is 12.8. The molecule has 0 N–H and O–H groups in total. The minimum atomic E-state index is 0.217. The van der Waals surface area contributed by atoms with Crippen LogP contribution in [-0.4, -0.2) is 23.6 Å². The Bertz CT molecular complexity index is 847. The molecule has 0 spiro atoms. The topological polar surface area (TPSA) is 40.5 Å². The molecule has 4 rings (SSSR count). The van der Waals surface area contributed by atoms with Crippen molar-refractivity contribution in [1.82, 2.24) is 4.57 Å². The fourth-order valence-electron chi connectivity index (χ4n) is 4.03. The van der Waals surface area contributed by atoms with Gasteiger partial charge in [0.15, 0.2) is 17.3 Å². The molecule has 1 aromatic heterocycles. The van der Waals surface area contributed by atoms with Gasteiger partial charge in [-0.25, -0.2) is 0 Å². The first-order chi connectivity index (χ1) is 12.6. The maximum Gasteiger partial charge on any atom is 0.168 e. The van der Waals surface area contributed by atoms with Gasteiger partial charge in [0.2, 0.25) is 0 Å². The molecule has 2 heterocycles. The van der Waals surface area contributed by atoms with Crippen molar-refractivity contribution in [3.8, 4) is 22.8 Å². The molecule has 1 saturated carbocycles. The highest BCUT2D eigenvalue weighted by molar-refractivity contribution is 6.05. The lowest BCUT2D eigenvalue weighted by Crippen LogP contribution is -2.20. The van der Waals surface area contributed by atoms with E-state index >= 15 is 0 Å². The van der Waals surface area contributed by atoms with Crippen LogP contribution < -0.4 is 9.47 Å². The van der Waals surface area contributed by atoms with E-state index in [9.17, 15) is 4.79 Å². The normalized spacial score (nSPS) is 21.1. The molecule has 1 aliphatic heterocycles. The second-order valence-electron chi connectivity index (χ2n) is 7.41. The Kier molecular flexibility index (Phi) is 4.29. The van der Waals surface area contributed by atoms with Gasteiger partial charge in [0.05, 0.1) is 18.9 Å². The zero-order chi connectivity index (χ0) is 18.4. The summed E-state index contributed by atoms with van der Waals surface area (Å²) in [7, 11) is 0. The zero-order valence-corrected chi connectivity index (χ0v) is 16.0. The van der Waals surface area contributed by atoms with E-state index in [1.165, 1.54) is 5.56 Å². The summed E-state index contributed by atoms with van der Waals surface area (Å²) < 4.78 is 13.9. The van der Waals surface area contributed by atoms with Crippen LogP contribution in [0, 0.1) is 5.92 Å². The van der Waals surface area contributed by atoms with Crippen LogP contribution in [0.1, 0.15) is 68.4 Å². The van der Waals surface area contributed by atoms with Crippen LogP contribution >= 0.6 is 0 Å². The van der Waals surface area contributed by atoms with E-state index < -0.39 is 0 Å². The summed E-state index contributed by atoms with van der Waals surface area (Å²) in [5, 5.41) is 0. The van der Waals surface area contributed by atoms with Crippen LogP contribution in [0.5, 0.6) is 11.5 Å². The molecule has 0 bridgehead atoms. The first-order valence-corrected chi connectivity index (χ1v) is 9.75. The molecule has 1 aliphatic carbocycles. The number of rotatable bonds is 6. The number of nitrogens with zero attached hydrogens (tertiary/aromatic N) is 1. The number of carbonyl (C=O) groups excluding carboxylic acids is 1. The number of ether oxygens (including phenoxy) is 2. The smallest absolute Gasteiger partial charge is 0.168 e. The maximum absolute atomic E-state index is 12.8. The molecular formula is C22H27NO3. The van der Waals surface area contributed by atoms with Crippen LogP contribution in [0.3, 0.4) is 0 Å². The van der Waals surface area contributed by atoms with Gasteiger partial charge in [-0.15, -0.1) is 0 Å². The van der Waals surface area contributed by atoms with E-state index in [1.54, 1.807) is 0 Å². The average molecular weight is 353 g/mol. The number of hydrogen-bond acceptors (Lipinski definition) is 3. The molecule has 4 heteroatoms. The Labute approximate surface area is 155 Å². The number of hydrogen-bond donors (Lipinski definition) is 0. The minimum Gasteiger partial charge on any atom is -0.490 e. The molecule has 0 radical (unpaired) electrons. The highest BCUT2D eigenvalue weighted by atomic mass is 16.5. The molecule has 0 amide bonds. The van der Waals surface area contributed by atoms with Gasteiger partial charge in [-0.2, -0.15) is 0 Å². The molecule has 2 aliphatic rings. The van der Waals surface area contributed by atoms with Gasteiger partial charge in [-0.05, 0) is 57.4 Å². The van der Waals surface area contributed by atoms with Crippen molar-refractivity contribution < 1.29 is 14.3 Å². The third-order valence-corrected chi connectivity index (χ3v) is 5.75. The standard InChI is InChI=1S/C22H27NO3/c1-5-25-19-11-17-13(3)14(4)23-10-9-16(22(24)15-7-8-15)21(23)18(17)12-20(19)26-6-2/h9-15H,5-8H2,1-4H3. The van der Waals surface area contributed by atoms with Crippen molar-refractivity contribution in [1.29, 1.82) is 0 Å². The zero-order valence-electron chi connectivity index (χ0n) is 16.0. The van der Waals surface area contributed by atoms with Gasteiger partial charge in [-0.3, -0.25) is 4.79 Å². The van der Waals surface area contributed by atoms with E-state index in [0.717, 1.165) is 41.2 Å². The lowest BCUT2D eigenvalue weighted by atomic mass is 9.84. The molecule has 1 fully saturated rings. The van der Waals surface area contributed by atoms with Crippen molar-refractivity contribution in [2.24, 2.45) is 5.92 Å². The first kappa shape index (κ1) is 17.2. The SMILES string of the molecule is CCOc1cc2c(cc1OCC)C(C)C(C)n1ccc(C(=O)C3CC3)c1-2. The van der Waals surface area contributed by atoms with Gasteiger partial charge >= 0.3 is 0 Å². The van der Waals surface area contributed by atoms with Crippen LogP contribution in [0.4, 0.5) is 0 Å². The van der Waals surface area contributed by atoms with Gasteiger partial charge in [-0.1, -0.05) is 6.92 Å². The lowest BCUT2D eigenvalue weighted by Gasteiger charge is -2.33. The average Bonchev–Trinajstić information content (AvgIpc) is 3.39. The fourth-order valence-corrected chi connectivity index (χ4v) is 4.03. The molecule has 2 aromatic rings. The third-order valence-electron chi connectivity index (χ3n) is 5.75. The molecule has 26 heavy (non-hydrogen) atoms. The van der Waals surface area contributed by atoms with Gasteiger partial charge in [0.25, 0.3) is 0 Å². The predicted molar refractivity (Wildman–Crippen MR) is 102 cm³/mol. The molecule has 1 aromatic carbocycles. The van der Waals surface area contributed by atoms with Crippen LogP contribution in [0.15, 0.2) is 24.4 Å². The number of fused-ring (bicyclic) bond motifs is 3. The summed E-state index contributed by atoms with van der Waals surface area (Å²) in [6, 6.07) is 6.49. The summed E-state index contributed by atoms with van der Waals surface area (Å²) in [5.41, 5.74) is 4.25. The summed E-state index contributed by atoms with van der Waals surface area (Å²) >= 11 is 0. The van der Waals surface area contributed by atoms with E-state index in [4.69, 9.17) is 9.47 Å². The number of carbonyl (C=O) groups is 1. The van der Waals surface area contributed by atoms with E-state index in [1.807, 2.05) is 19.9 Å². The minimum absolute atomic E-state index is 0.217. The van der Waals surface area contributed by atoms with Gasteiger partial charge in [0, 0.05) is 35.2 Å². The third kappa shape index (κ3) is 2.63. The van der Waals surface area contributed by atoms with Crippen molar-refractivity contribution in [3.63, 3.8) is 0 Å². The van der Waals surface area contributed by atoms with E-state index in [-0.39, 0.29) is 5.92 Å². The Morgan fingerprint density at radius 3 is 2.38 bits per heavy atom. The Morgan fingerprint density at radius 2 is 1.77 bits per heavy atom. The molecule has 2 unspecified atom stereocenters. The summed E-state index contributed by atoms with van der Waals surface area (Å²) in [4.78, 5) is 12.8. The second kappa shape index (κ2) is 6.49. The fraction of sp³-hybridized carbons (Fsp3) is 0.500. The van der Waals surface area contributed by atoms with Gasteiger partial charge in [0.1, 0.15) is 0 Å². The van der Waals surface area contributed by atoms with Crippen LogP contribution in [-0.2, 0) is 0 Å². The van der Waals surface area contributed by atoms with E-state index in [0.29, 0.717) is 31.0 Å². The van der Waals surface area contributed by atoms with Crippen LogP contribution in [0.2, 0.25) is 0 Å². The number of aromatic nitrogens is 1. The second-order valence-corrected chi connectivity index (χ2v) is 7.41. The highest BCUT2D eigenvalue weighted by Gasteiger charge is 2.37. The predicted octanol–water partition coefficient (Wildman–Crippen LogP) is 5.22. The number of ketones is 1. The Hall–Kier alpha value is -2.23. The van der Waals surface area contributed by atoms with Crippen molar-refractivity contribution >= 4 is 5.78 Å². The largest absolute Gasteiger partial charge is 0.490 e. The highest BCUT2D eigenvalue weighted by Crippen LogP contribution is 2.49. The van der Waals surface area contributed by atoms with Crippen LogP contribution in [0.25, 0.3) is 11.3 Å². The Balaban J connectivity index is 1.91. The Morgan fingerprint density at radius 1 is 1.12 bits per heavy atom. The monoisotopic (exact) mass is 353 g/mol. The number of benzene rings is 1.